The molecule has 0 saturated heterocycles. The van der Waals surface area contributed by atoms with E-state index >= 15 is 0 Å². The zero-order chi connectivity index (χ0) is 22.4. The monoisotopic (exact) mass is 426 g/mol. The first kappa shape index (κ1) is 22.6. The average Bonchev–Trinajstić information content (AvgIpc) is 2.75. The van der Waals surface area contributed by atoms with Crippen molar-refractivity contribution in [2.45, 2.75) is 18.8 Å². The van der Waals surface area contributed by atoms with Crippen molar-refractivity contribution in [1.29, 1.82) is 0 Å². The summed E-state index contributed by atoms with van der Waals surface area (Å²) in [5.41, 5.74) is 2.06. The second-order valence-corrected chi connectivity index (χ2v) is 7.60. The van der Waals surface area contributed by atoms with Crippen LogP contribution >= 0.6 is 0 Å². The molecule has 0 heterocycles. The van der Waals surface area contributed by atoms with Crippen LogP contribution in [0.1, 0.15) is 28.3 Å². The summed E-state index contributed by atoms with van der Waals surface area (Å²) < 4.78 is 38.2. The molecule has 3 aromatic carbocycles. The number of benzene rings is 3. The van der Waals surface area contributed by atoms with E-state index in [4.69, 9.17) is 0 Å². The third-order valence-corrected chi connectivity index (χ3v) is 5.15. The average molecular weight is 426 g/mol. The van der Waals surface area contributed by atoms with Crippen molar-refractivity contribution in [3.8, 4) is 0 Å². The van der Waals surface area contributed by atoms with Crippen LogP contribution in [0.3, 0.4) is 0 Å². The maximum atomic E-state index is 13.1. The van der Waals surface area contributed by atoms with E-state index in [1.807, 2.05) is 60.7 Å². The van der Waals surface area contributed by atoms with Gasteiger partial charge in [-0.05, 0) is 35.9 Å². The Bertz CT molecular complexity index is 934. The standard InChI is InChI=1S/C25H25F3N2O/c1-29(17-19-13-15-22(16-14-19)25(26,27)28)18-23(31)30(2)24(20-9-5-3-6-10-20)21-11-7-4-8-12-21/h3-16,24H,17-18H2,1-2H3. The summed E-state index contributed by atoms with van der Waals surface area (Å²) in [4.78, 5) is 16.6. The normalized spacial score (nSPS) is 11.7. The summed E-state index contributed by atoms with van der Waals surface area (Å²) in [7, 11) is 3.56. The molecule has 3 rings (SSSR count). The fourth-order valence-corrected chi connectivity index (χ4v) is 3.56. The minimum atomic E-state index is -4.35. The van der Waals surface area contributed by atoms with Crippen molar-refractivity contribution in [1.82, 2.24) is 9.80 Å². The second-order valence-electron chi connectivity index (χ2n) is 7.60. The number of alkyl halides is 3. The quantitative estimate of drug-likeness (QED) is 0.506. The number of hydrogen-bond donors (Lipinski definition) is 0. The zero-order valence-electron chi connectivity index (χ0n) is 17.5. The molecule has 31 heavy (non-hydrogen) atoms. The maximum Gasteiger partial charge on any atom is 0.416 e. The number of likely N-dealkylation sites (N-methyl/N-ethyl adjacent to an activating group) is 2. The van der Waals surface area contributed by atoms with Crippen LogP contribution in [0.25, 0.3) is 0 Å². The van der Waals surface area contributed by atoms with Crippen molar-refractivity contribution in [2.75, 3.05) is 20.6 Å². The lowest BCUT2D eigenvalue weighted by Crippen LogP contribution is -2.39. The lowest BCUT2D eigenvalue weighted by atomic mass is 9.97. The number of amides is 1. The molecule has 0 aliphatic rings. The third-order valence-electron chi connectivity index (χ3n) is 5.15. The molecular weight excluding hydrogens is 401 g/mol. The number of carbonyl (C=O) groups excluding carboxylic acids is 1. The molecular formula is C25H25F3N2O. The molecule has 0 N–H and O–H groups in total. The lowest BCUT2D eigenvalue weighted by Gasteiger charge is -2.31. The third kappa shape index (κ3) is 5.95. The van der Waals surface area contributed by atoms with Crippen LogP contribution in [0.15, 0.2) is 84.9 Å². The van der Waals surface area contributed by atoms with Crippen molar-refractivity contribution < 1.29 is 18.0 Å². The molecule has 0 atom stereocenters. The summed E-state index contributed by atoms with van der Waals surface area (Å²) in [6.45, 7) is 0.521. The summed E-state index contributed by atoms with van der Waals surface area (Å²) >= 11 is 0. The summed E-state index contributed by atoms with van der Waals surface area (Å²) in [6, 6.07) is 24.4. The largest absolute Gasteiger partial charge is 0.416 e. The smallest absolute Gasteiger partial charge is 0.334 e. The van der Waals surface area contributed by atoms with E-state index in [0.29, 0.717) is 12.1 Å². The van der Waals surface area contributed by atoms with E-state index in [-0.39, 0.29) is 18.5 Å². The van der Waals surface area contributed by atoms with Crippen molar-refractivity contribution in [3.63, 3.8) is 0 Å². The highest BCUT2D eigenvalue weighted by Crippen LogP contribution is 2.29. The van der Waals surface area contributed by atoms with Gasteiger partial charge in [0, 0.05) is 13.6 Å². The second kappa shape index (κ2) is 9.79. The Morgan fingerprint density at radius 3 is 1.74 bits per heavy atom. The molecule has 3 aromatic rings. The number of hydrogen-bond acceptors (Lipinski definition) is 2. The molecule has 6 heteroatoms. The van der Waals surface area contributed by atoms with Gasteiger partial charge >= 0.3 is 6.18 Å². The van der Waals surface area contributed by atoms with Gasteiger partial charge in [0.1, 0.15) is 0 Å². The molecule has 0 aliphatic heterocycles. The molecule has 3 nitrogen and oxygen atoms in total. The van der Waals surface area contributed by atoms with E-state index in [0.717, 1.165) is 23.3 Å². The van der Waals surface area contributed by atoms with Crippen molar-refractivity contribution in [2.24, 2.45) is 0 Å². The van der Waals surface area contributed by atoms with Crippen LogP contribution in [0, 0.1) is 0 Å². The predicted octanol–water partition coefficient (Wildman–Crippen LogP) is 5.39. The topological polar surface area (TPSA) is 23.6 Å². The Hall–Kier alpha value is -3.12. The highest BCUT2D eigenvalue weighted by atomic mass is 19.4. The molecule has 0 saturated carbocycles. The highest BCUT2D eigenvalue weighted by Gasteiger charge is 2.30. The minimum Gasteiger partial charge on any atom is -0.334 e. The molecule has 1 amide bonds. The van der Waals surface area contributed by atoms with E-state index in [2.05, 4.69) is 0 Å². The summed E-state index contributed by atoms with van der Waals surface area (Å²) in [5.74, 6) is -0.0767. The molecule has 0 fully saturated rings. The minimum absolute atomic E-state index is 0.0767. The van der Waals surface area contributed by atoms with Crippen LogP contribution in [0.4, 0.5) is 13.2 Å². The first-order chi connectivity index (χ1) is 14.8. The highest BCUT2D eigenvalue weighted by molar-refractivity contribution is 5.79. The first-order valence-electron chi connectivity index (χ1n) is 9.96. The number of nitrogens with zero attached hydrogens (tertiary/aromatic N) is 2. The van der Waals surface area contributed by atoms with E-state index in [1.54, 1.807) is 23.9 Å². The fraction of sp³-hybridized carbons (Fsp3) is 0.240. The van der Waals surface area contributed by atoms with Crippen LogP contribution in [0.5, 0.6) is 0 Å². The summed E-state index contributed by atoms with van der Waals surface area (Å²) in [6.07, 6.45) is -4.35. The van der Waals surface area contributed by atoms with Gasteiger partial charge in [0.2, 0.25) is 5.91 Å². The number of carbonyl (C=O) groups is 1. The van der Waals surface area contributed by atoms with Gasteiger partial charge in [-0.25, -0.2) is 0 Å². The molecule has 0 aliphatic carbocycles. The first-order valence-corrected chi connectivity index (χ1v) is 9.96. The van der Waals surface area contributed by atoms with Gasteiger partial charge in [-0.15, -0.1) is 0 Å². The molecule has 0 radical (unpaired) electrons. The molecule has 0 aromatic heterocycles. The SMILES string of the molecule is CN(CC(=O)N(C)C(c1ccccc1)c1ccccc1)Cc1ccc(C(F)(F)F)cc1. The van der Waals surface area contributed by atoms with Crippen LogP contribution < -0.4 is 0 Å². The van der Waals surface area contributed by atoms with Gasteiger partial charge in [-0.1, -0.05) is 72.8 Å². The van der Waals surface area contributed by atoms with E-state index in [9.17, 15) is 18.0 Å². The lowest BCUT2D eigenvalue weighted by molar-refractivity contribution is -0.137. The van der Waals surface area contributed by atoms with Crippen LogP contribution in [-0.4, -0.2) is 36.3 Å². The molecule has 0 spiro atoms. The van der Waals surface area contributed by atoms with Gasteiger partial charge in [0.15, 0.2) is 0 Å². The van der Waals surface area contributed by atoms with E-state index < -0.39 is 11.7 Å². The Kier molecular flexibility index (Phi) is 7.13. The van der Waals surface area contributed by atoms with Gasteiger partial charge in [-0.3, -0.25) is 9.69 Å². The van der Waals surface area contributed by atoms with Gasteiger partial charge in [0.05, 0.1) is 18.2 Å². The van der Waals surface area contributed by atoms with Gasteiger partial charge < -0.3 is 4.90 Å². The number of rotatable bonds is 7. The van der Waals surface area contributed by atoms with Crippen molar-refractivity contribution in [3.05, 3.63) is 107 Å². The van der Waals surface area contributed by atoms with Gasteiger partial charge in [0.25, 0.3) is 0 Å². The zero-order valence-corrected chi connectivity index (χ0v) is 17.5. The summed E-state index contributed by atoms with van der Waals surface area (Å²) in [5, 5.41) is 0. The molecule has 162 valence electrons. The fourth-order valence-electron chi connectivity index (χ4n) is 3.56. The van der Waals surface area contributed by atoms with Crippen LogP contribution in [0.2, 0.25) is 0 Å². The predicted molar refractivity (Wildman–Crippen MR) is 115 cm³/mol. The Morgan fingerprint density at radius 1 is 0.806 bits per heavy atom. The molecule has 0 unspecified atom stereocenters. The maximum absolute atomic E-state index is 13.1. The Labute approximate surface area is 180 Å². The van der Waals surface area contributed by atoms with E-state index in [1.165, 1.54) is 12.1 Å². The molecule has 0 bridgehead atoms. The Morgan fingerprint density at radius 2 is 1.29 bits per heavy atom. The Balaban J connectivity index is 1.70. The van der Waals surface area contributed by atoms with Crippen molar-refractivity contribution >= 4 is 5.91 Å². The number of halogens is 3. The van der Waals surface area contributed by atoms with Gasteiger partial charge in [-0.2, -0.15) is 13.2 Å². The van der Waals surface area contributed by atoms with Crippen LogP contribution in [-0.2, 0) is 17.5 Å².